The minimum absolute atomic E-state index is 0.717. The second-order valence-corrected chi connectivity index (χ2v) is 10.6. The number of hydrogen-bond donors (Lipinski definition) is 0. The van der Waals surface area contributed by atoms with E-state index in [1.54, 1.807) is 0 Å². The molecular formula is C15H30O2Si. The van der Waals surface area contributed by atoms with E-state index in [0.717, 1.165) is 17.4 Å². The van der Waals surface area contributed by atoms with Crippen molar-refractivity contribution in [2.45, 2.75) is 69.9 Å². The van der Waals surface area contributed by atoms with Crippen molar-refractivity contribution < 1.29 is 8.85 Å². The molecule has 3 heteroatoms. The molecule has 0 aromatic heterocycles. The zero-order valence-electron chi connectivity index (χ0n) is 12.6. The monoisotopic (exact) mass is 270 g/mol. The van der Waals surface area contributed by atoms with Crippen LogP contribution in [0.4, 0.5) is 0 Å². The van der Waals surface area contributed by atoms with Crippen LogP contribution in [0.2, 0.25) is 11.1 Å². The molecule has 2 fully saturated rings. The Bertz CT molecular complexity index is 249. The summed E-state index contributed by atoms with van der Waals surface area (Å²) in [7, 11) is 1.84. The summed E-state index contributed by atoms with van der Waals surface area (Å²) in [6, 6.07) is 0. The third-order valence-corrected chi connectivity index (χ3v) is 9.91. The average Bonchev–Trinajstić information content (AvgIpc) is 2.84. The minimum atomic E-state index is -1.99. The van der Waals surface area contributed by atoms with E-state index in [2.05, 4.69) is 13.8 Å². The van der Waals surface area contributed by atoms with Crippen LogP contribution in [0.3, 0.4) is 0 Å². The molecule has 0 aliphatic heterocycles. The van der Waals surface area contributed by atoms with Gasteiger partial charge >= 0.3 is 8.56 Å². The van der Waals surface area contributed by atoms with Crippen molar-refractivity contribution in [3.05, 3.63) is 0 Å². The van der Waals surface area contributed by atoms with Crippen molar-refractivity contribution in [1.29, 1.82) is 0 Å². The minimum Gasteiger partial charge on any atom is -0.397 e. The molecule has 2 atom stereocenters. The lowest BCUT2D eigenvalue weighted by atomic mass is 9.83. The maximum Gasteiger partial charge on any atom is 0.344 e. The van der Waals surface area contributed by atoms with E-state index < -0.39 is 8.56 Å². The Morgan fingerprint density at radius 1 is 0.778 bits per heavy atom. The van der Waals surface area contributed by atoms with Gasteiger partial charge in [0.05, 0.1) is 0 Å². The van der Waals surface area contributed by atoms with Crippen molar-refractivity contribution >= 4 is 8.56 Å². The van der Waals surface area contributed by atoms with E-state index in [1.165, 1.54) is 44.9 Å². The van der Waals surface area contributed by atoms with Crippen molar-refractivity contribution in [3.8, 4) is 0 Å². The zero-order valence-corrected chi connectivity index (χ0v) is 13.6. The van der Waals surface area contributed by atoms with Crippen LogP contribution in [0.25, 0.3) is 0 Å². The maximum atomic E-state index is 6.12. The summed E-state index contributed by atoms with van der Waals surface area (Å²) >= 11 is 0. The van der Waals surface area contributed by atoms with Gasteiger partial charge in [0.15, 0.2) is 0 Å². The van der Waals surface area contributed by atoms with Crippen molar-refractivity contribution in [1.82, 2.24) is 0 Å². The average molecular weight is 270 g/mol. The first-order valence-electron chi connectivity index (χ1n) is 7.72. The first-order valence-corrected chi connectivity index (χ1v) is 9.69. The first-order chi connectivity index (χ1) is 8.62. The van der Waals surface area contributed by atoms with Crippen LogP contribution in [-0.4, -0.2) is 22.8 Å². The van der Waals surface area contributed by atoms with E-state index in [1.807, 2.05) is 14.2 Å². The molecule has 2 unspecified atom stereocenters. The molecule has 0 N–H and O–H groups in total. The molecule has 0 saturated heterocycles. The SMILES string of the molecule is CO[Si](OC)(C1CCCC1)C1CC(C)CC(C)C1. The predicted molar refractivity (Wildman–Crippen MR) is 77.9 cm³/mol. The maximum absolute atomic E-state index is 6.12. The van der Waals surface area contributed by atoms with E-state index in [9.17, 15) is 0 Å². The van der Waals surface area contributed by atoms with Gasteiger partial charge in [0.2, 0.25) is 0 Å². The Morgan fingerprint density at radius 2 is 1.28 bits per heavy atom. The molecule has 2 aliphatic rings. The highest BCUT2D eigenvalue weighted by atomic mass is 28.4. The largest absolute Gasteiger partial charge is 0.397 e. The molecule has 0 radical (unpaired) electrons. The first kappa shape index (κ1) is 14.5. The molecular weight excluding hydrogens is 240 g/mol. The second-order valence-electron chi connectivity index (χ2n) is 6.73. The third kappa shape index (κ3) is 2.68. The van der Waals surface area contributed by atoms with Crippen molar-refractivity contribution in [2.75, 3.05) is 14.2 Å². The van der Waals surface area contributed by atoms with Crippen LogP contribution in [0, 0.1) is 11.8 Å². The fraction of sp³-hybridized carbons (Fsp3) is 1.00. The van der Waals surface area contributed by atoms with E-state index in [0.29, 0.717) is 5.54 Å². The van der Waals surface area contributed by atoms with Gasteiger partial charge in [0.25, 0.3) is 0 Å². The Balaban J connectivity index is 2.17. The van der Waals surface area contributed by atoms with Crippen LogP contribution in [0.15, 0.2) is 0 Å². The van der Waals surface area contributed by atoms with Crippen LogP contribution < -0.4 is 0 Å². The van der Waals surface area contributed by atoms with Crippen molar-refractivity contribution in [2.24, 2.45) is 11.8 Å². The fourth-order valence-electron chi connectivity index (χ4n) is 4.69. The summed E-state index contributed by atoms with van der Waals surface area (Å²) in [6.45, 7) is 4.81. The Hall–Kier alpha value is 0.137. The number of hydrogen-bond acceptors (Lipinski definition) is 2. The van der Waals surface area contributed by atoms with Crippen LogP contribution in [0.1, 0.15) is 58.8 Å². The smallest absolute Gasteiger partial charge is 0.344 e. The van der Waals surface area contributed by atoms with Gasteiger partial charge in [-0.25, -0.2) is 0 Å². The molecule has 106 valence electrons. The lowest BCUT2D eigenvalue weighted by Crippen LogP contribution is -2.50. The van der Waals surface area contributed by atoms with Gasteiger partial charge in [-0.3, -0.25) is 0 Å². The van der Waals surface area contributed by atoms with E-state index >= 15 is 0 Å². The van der Waals surface area contributed by atoms with Gasteiger partial charge < -0.3 is 8.85 Å². The zero-order chi connectivity index (χ0) is 13.2. The molecule has 0 amide bonds. The van der Waals surface area contributed by atoms with Crippen molar-refractivity contribution in [3.63, 3.8) is 0 Å². The Kier molecular flexibility index (Phi) is 4.90. The van der Waals surface area contributed by atoms with Gasteiger partial charge in [-0.15, -0.1) is 0 Å². The summed E-state index contributed by atoms with van der Waals surface area (Å²) in [5, 5.41) is 0. The second kappa shape index (κ2) is 6.06. The molecule has 2 nitrogen and oxygen atoms in total. The topological polar surface area (TPSA) is 18.5 Å². The summed E-state index contributed by atoms with van der Waals surface area (Å²) in [5.74, 6) is 1.69. The molecule has 0 aromatic rings. The lowest BCUT2D eigenvalue weighted by Gasteiger charge is -2.44. The number of rotatable bonds is 4. The quantitative estimate of drug-likeness (QED) is 0.701. The summed E-state index contributed by atoms with van der Waals surface area (Å²) in [6.07, 6.45) is 9.48. The fourth-order valence-corrected chi connectivity index (χ4v) is 9.53. The van der Waals surface area contributed by atoms with Gasteiger partial charge in [-0.2, -0.15) is 0 Å². The van der Waals surface area contributed by atoms with Crippen LogP contribution in [-0.2, 0) is 8.85 Å². The summed E-state index contributed by atoms with van der Waals surface area (Å²) in [5.41, 5.74) is 1.46. The molecule has 2 aliphatic carbocycles. The van der Waals surface area contributed by atoms with Gasteiger partial charge in [0, 0.05) is 25.3 Å². The van der Waals surface area contributed by atoms with Gasteiger partial charge in [-0.1, -0.05) is 26.7 Å². The van der Waals surface area contributed by atoms with E-state index in [-0.39, 0.29) is 0 Å². The molecule has 2 saturated carbocycles. The molecule has 2 rings (SSSR count). The molecule has 0 bridgehead atoms. The van der Waals surface area contributed by atoms with Gasteiger partial charge in [0.1, 0.15) is 0 Å². The Morgan fingerprint density at radius 3 is 1.72 bits per heavy atom. The highest BCUT2D eigenvalue weighted by Crippen LogP contribution is 2.51. The molecule has 0 spiro atoms. The highest BCUT2D eigenvalue weighted by molar-refractivity contribution is 6.70. The summed E-state index contributed by atoms with van der Waals surface area (Å²) < 4.78 is 12.2. The lowest BCUT2D eigenvalue weighted by molar-refractivity contribution is 0.181. The third-order valence-electron chi connectivity index (χ3n) is 5.31. The van der Waals surface area contributed by atoms with Crippen LogP contribution in [0.5, 0.6) is 0 Å². The Labute approximate surface area is 114 Å². The van der Waals surface area contributed by atoms with Crippen LogP contribution >= 0.6 is 0 Å². The standard InChI is InChI=1S/C15H30O2Si/c1-12-9-13(2)11-15(10-12)18(16-3,17-4)14-7-5-6-8-14/h12-15H,5-11H2,1-4H3. The normalized spacial score (nSPS) is 35.0. The predicted octanol–water partition coefficient (Wildman–Crippen LogP) is 4.49. The molecule has 18 heavy (non-hydrogen) atoms. The summed E-state index contributed by atoms with van der Waals surface area (Å²) in [4.78, 5) is 0. The molecule has 0 aromatic carbocycles. The highest BCUT2D eigenvalue weighted by Gasteiger charge is 2.53. The van der Waals surface area contributed by atoms with Gasteiger partial charge in [-0.05, 0) is 43.9 Å². The van der Waals surface area contributed by atoms with E-state index in [4.69, 9.17) is 8.85 Å². The molecule has 0 heterocycles.